The van der Waals surface area contributed by atoms with Gasteiger partial charge in [-0.05, 0) is 53.6 Å². The van der Waals surface area contributed by atoms with Crippen molar-refractivity contribution in [1.82, 2.24) is 10.9 Å². The van der Waals surface area contributed by atoms with E-state index in [9.17, 15) is 31.1 Å². The number of carbonyl (C=O) groups is 1. The molecule has 1 aliphatic rings. The van der Waals surface area contributed by atoms with Crippen LogP contribution in [0.3, 0.4) is 0 Å². The standard InChI is InChI=1S/C31H29F6N3O4/c1-2-13-29(28(42)40-38-19-20-16-23(30(32,33)34)18-24(17-20)31(35,36)37)26(21-7-4-3-5-8-21)44-27(39-29)22-9-11-25(12-10-22)43-15-6-14-41/h2-5,7-12,16-18,26,38,41H,1,6,13-15,19H2,(H,40,42)/t26-,29-/m0/s1. The number of hydrazine groups is 1. The molecule has 0 fully saturated rings. The minimum Gasteiger partial charge on any atom is -0.494 e. The molecular weight excluding hydrogens is 592 g/mol. The number of nitrogens with zero attached hydrogens (tertiary/aromatic N) is 1. The molecule has 4 rings (SSSR count). The number of aliphatic hydroxyl groups excluding tert-OH is 1. The molecule has 234 valence electrons. The number of halogens is 6. The molecule has 1 heterocycles. The molecule has 0 aliphatic carbocycles. The first-order valence-corrected chi connectivity index (χ1v) is 13.5. The molecule has 1 amide bonds. The van der Waals surface area contributed by atoms with Gasteiger partial charge in [-0.3, -0.25) is 10.2 Å². The highest BCUT2D eigenvalue weighted by molar-refractivity contribution is 6.01. The summed E-state index contributed by atoms with van der Waals surface area (Å²) in [5, 5.41) is 8.94. The maximum Gasteiger partial charge on any atom is 0.416 e. The number of benzene rings is 3. The lowest BCUT2D eigenvalue weighted by atomic mass is 9.84. The van der Waals surface area contributed by atoms with Gasteiger partial charge >= 0.3 is 12.4 Å². The smallest absolute Gasteiger partial charge is 0.416 e. The molecule has 3 aromatic carbocycles. The summed E-state index contributed by atoms with van der Waals surface area (Å²) in [6.45, 7) is 3.50. The predicted molar refractivity (Wildman–Crippen MR) is 149 cm³/mol. The lowest BCUT2D eigenvalue weighted by Crippen LogP contribution is -2.52. The third kappa shape index (κ3) is 7.58. The monoisotopic (exact) mass is 621 g/mol. The quantitative estimate of drug-likeness (QED) is 0.0979. The van der Waals surface area contributed by atoms with E-state index in [0.29, 0.717) is 42.0 Å². The van der Waals surface area contributed by atoms with E-state index in [1.165, 1.54) is 6.08 Å². The summed E-state index contributed by atoms with van der Waals surface area (Å²) in [5.74, 6) is -0.0679. The van der Waals surface area contributed by atoms with Crippen molar-refractivity contribution in [3.05, 3.63) is 113 Å². The number of aliphatic imine (C=N–C) groups is 1. The first-order chi connectivity index (χ1) is 20.9. The van der Waals surface area contributed by atoms with Crippen LogP contribution in [0.4, 0.5) is 26.3 Å². The maximum absolute atomic E-state index is 13.8. The first-order valence-electron chi connectivity index (χ1n) is 13.5. The minimum absolute atomic E-state index is 0.0134. The second-order valence-electron chi connectivity index (χ2n) is 9.91. The number of rotatable bonds is 12. The summed E-state index contributed by atoms with van der Waals surface area (Å²) in [6.07, 6.45) is -9.07. The van der Waals surface area contributed by atoms with Crippen LogP contribution in [-0.2, 0) is 28.4 Å². The van der Waals surface area contributed by atoms with E-state index in [-0.39, 0.29) is 30.6 Å². The summed E-state index contributed by atoms with van der Waals surface area (Å²) in [6, 6.07) is 16.6. The van der Waals surface area contributed by atoms with E-state index < -0.39 is 47.6 Å². The number of carbonyl (C=O) groups excluding carboxylic acids is 1. The fraction of sp³-hybridized carbons (Fsp3) is 0.290. The van der Waals surface area contributed by atoms with Crippen molar-refractivity contribution in [3.63, 3.8) is 0 Å². The molecule has 44 heavy (non-hydrogen) atoms. The van der Waals surface area contributed by atoms with E-state index in [4.69, 9.17) is 14.6 Å². The normalized spacial score (nSPS) is 18.3. The minimum atomic E-state index is -5.01. The predicted octanol–water partition coefficient (Wildman–Crippen LogP) is 6.14. The van der Waals surface area contributed by atoms with Gasteiger partial charge in [0, 0.05) is 31.6 Å². The van der Waals surface area contributed by atoms with Crippen LogP contribution in [0.1, 0.15) is 46.8 Å². The molecule has 0 saturated carbocycles. The zero-order valence-electron chi connectivity index (χ0n) is 23.2. The highest BCUT2D eigenvalue weighted by atomic mass is 19.4. The molecule has 3 N–H and O–H groups in total. The van der Waals surface area contributed by atoms with Crippen molar-refractivity contribution in [3.8, 4) is 5.75 Å². The number of hydrogen-bond acceptors (Lipinski definition) is 6. The van der Waals surface area contributed by atoms with Crippen molar-refractivity contribution in [2.45, 2.75) is 43.4 Å². The molecule has 2 atom stereocenters. The Bertz CT molecular complexity index is 1440. The molecule has 1 aliphatic heterocycles. The summed E-state index contributed by atoms with van der Waals surface area (Å²) >= 11 is 0. The summed E-state index contributed by atoms with van der Waals surface area (Å²) in [4.78, 5) is 18.4. The Kier molecular flexibility index (Phi) is 10.00. The van der Waals surface area contributed by atoms with Crippen LogP contribution in [0, 0.1) is 0 Å². The Hall–Kier alpha value is -4.36. The highest BCUT2D eigenvalue weighted by Gasteiger charge is 2.52. The van der Waals surface area contributed by atoms with E-state index in [2.05, 4.69) is 22.4 Å². The SMILES string of the molecule is C=CC[C@]1(C(=O)NNCc2cc(C(F)(F)F)cc(C(F)(F)F)c2)N=C(c2ccc(OCCCO)cc2)O[C@H]1c1ccccc1. The Morgan fingerprint density at radius 2 is 1.64 bits per heavy atom. The summed E-state index contributed by atoms with van der Waals surface area (Å²) < 4.78 is 91.5. The molecule has 3 aromatic rings. The van der Waals surface area contributed by atoms with Crippen molar-refractivity contribution in [2.75, 3.05) is 13.2 Å². The van der Waals surface area contributed by atoms with Gasteiger partial charge in [0.15, 0.2) is 11.6 Å². The number of amides is 1. The first kappa shape index (κ1) is 32.6. The van der Waals surface area contributed by atoms with Crippen molar-refractivity contribution in [2.24, 2.45) is 4.99 Å². The van der Waals surface area contributed by atoms with Crippen LogP contribution < -0.4 is 15.6 Å². The van der Waals surface area contributed by atoms with E-state index >= 15 is 0 Å². The van der Waals surface area contributed by atoms with Gasteiger partial charge in [-0.25, -0.2) is 10.4 Å². The Morgan fingerprint density at radius 1 is 1.00 bits per heavy atom. The van der Waals surface area contributed by atoms with Crippen LogP contribution in [0.2, 0.25) is 0 Å². The van der Waals surface area contributed by atoms with Crippen molar-refractivity contribution < 1.29 is 45.7 Å². The van der Waals surface area contributed by atoms with Gasteiger partial charge in [0.1, 0.15) is 5.75 Å². The highest BCUT2D eigenvalue weighted by Crippen LogP contribution is 2.43. The molecular formula is C31H29F6N3O4. The van der Waals surface area contributed by atoms with E-state index in [1.807, 2.05) is 0 Å². The average molecular weight is 622 g/mol. The van der Waals surface area contributed by atoms with Crippen LogP contribution in [0.5, 0.6) is 5.75 Å². The van der Waals surface area contributed by atoms with E-state index in [0.717, 1.165) is 0 Å². The third-order valence-corrected chi connectivity index (χ3v) is 6.73. The maximum atomic E-state index is 13.8. The molecule has 0 radical (unpaired) electrons. The number of nitrogens with one attached hydrogen (secondary N) is 2. The molecule has 0 unspecified atom stereocenters. The number of aliphatic hydroxyl groups is 1. The Morgan fingerprint density at radius 3 is 2.20 bits per heavy atom. The second-order valence-corrected chi connectivity index (χ2v) is 9.91. The zero-order valence-corrected chi connectivity index (χ0v) is 23.2. The van der Waals surface area contributed by atoms with Gasteiger partial charge in [-0.2, -0.15) is 26.3 Å². The Labute approximate surface area is 249 Å². The molecule has 0 bridgehead atoms. The molecule has 13 heteroatoms. The van der Waals surface area contributed by atoms with Gasteiger partial charge in [-0.15, -0.1) is 6.58 Å². The third-order valence-electron chi connectivity index (χ3n) is 6.73. The zero-order chi connectivity index (χ0) is 32.0. The average Bonchev–Trinajstić information content (AvgIpc) is 3.38. The molecule has 7 nitrogen and oxygen atoms in total. The Balaban J connectivity index is 1.61. The topological polar surface area (TPSA) is 92.2 Å². The number of hydrogen-bond donors (Lipinski definition) is 3. The molecule has 0 saturated heterocycles. The van der Waals surface area contributed by atoms with Gasteiger partial charge in [0.05, 0.1) is 17.7 Å². The van der Waals surface area contributed by atoms with E-state index in [1.54, 1.807) is 54.6 Å². The largest absolute Gasteiger partial charge is 0.494 e. The van der Waals surface area contributed by atoms with Gasteiger partial charge in [-0.1, -0.05) is 36.4 Å². The molecule has 0 aromatic heterocycles. The lowest BCUT2D eigenvalue weighted by molar-refractivity contribution is -0.143. The lowest BCUT2D eigenvalue weighted by Gasteiger charge is -2.29. The second kappa shape index (κ2) is 13.5. The van der Waals surface area contributed by atoms with Crippen LogP contribution in [-0.4, -0.2) is 35.7 Å². The number of ether oxygens (including phenoxy) is 2. The van der Waals surface area contributed by atoms with Crippen molar-refractivity contribution >= 4 is 11.8 Å². The van der Waals surface area contributed by atoms with Crippen LogP contribution in [0.15, 0.2) is 90.4 Å². The summed E-state index contributed by atoms with van der Waals surface area (Å²) in [5.41, 5.74) is 1.05. The van der Waals surface area contributed by atoms with Crippen molar-refractivity contribution in [1.29, 1.82) is 0 Å². The molecule has 0 spiro atoms. The van der Waals surface area contributed by atoms with Gasteiger partial charge in [0.2, 0.25) is 5.90 Å². The van der Waals surface area contributed by atoms with Gasteiger partial charge in [0.25, 0.3) is 5.91 Å². The fourth-order valence-electron chi connectivity index (χ4n) is 4.62. The van der Waals surface area contributed by atoms with Crippen LogP contribution >= 0.6 is 0 Å². The van der Waals surface area contributed by atoms with Crippen LogP contribution in [0.25, 0.3) is 0 Å². The van der Waals surface area contributed by atoms with Gasteiger partial charge < -0.3 is 14.6 Å². The fourth-order valence-corrected chi connectivity index (χ4v) is 4.62. The summed E-state index contributed by atoms with van der Waals surface area (Å²) in [7, 11) is 0. The number of alkyl halides is 6.